The predicted octanol–water partition coefficient (Wildman–Crippen LogP) is 0.683. The van der Waals surface area contributed by atoms with Crippen molar-refractivity contribution in [1.29, 1.82) is 0 Å². The second kappa shape index (κ2) is 4.48. The van der Waals surface area contributed by atoms with E-state index in [0.29, 0.717) is 5.41 Å². The van der Waals surface area contributed by atoms with Crippen LogP contribution in [0.4, 0.5) is 5.82 Å². The smallest absolute Gasteiger partial charge is 0.151 e. The zero-order valence-corrected chi connectivity index (χ0v) is 10.8. The molecule has 3 heterocycles. The van der Waals surface area contributed by atoms with Gasteiger partial charge in [-0.3, -0.25) is 5.32 Å². The molecule has 2 aliphatic rings. The van der Waals surface area contributed by atoms with E-state index in [1.54, 1.807) is 0 Å². The fraction of sp³-hybridized carbons (Fsp3) is 0.692. The number of aryl methyl sites for hydroxylation is 1. The predicted molar refractivity (Wildman–Crippen MR) is 69.3 cm³/mol. The first-order chi connectivity index (χ1) is 8.67. The standard InChI is InChI=1S/C13H20N4O/c1-10-2-3-11(16-15-10)17-6-4-13(5-7-17)8-12(18)14-9-13/h2-3,12,14,18H,4-9H2,1H3. The van der Waals surface area contributed by atoms with Gasteiger partial charge >= 0.3 is 0 Å². The third-order valence-electron chi connectivity index (χ3n) is 4.27. The largest absolute Gasteiger partial charge is 0.379 e. The molecule has 1 aromatic heterocycles. The maximum absolute atomic E-state index is 9.61. The Kier molecular flexibility index (Phi) is 2.95. The molecule has 1 atom stereocenters. The first-order valence-electron chi connectivity index (χ1n) is 6.64. The minimum absolute atomic E-state index is 0.300. The van der Waals surface area contributed by atoms with Crippen molar-refractivity contribution >= 4 is 5.82 Å². The third kappa shape index (κ3) is 2.20. The SMILES string of the molecule is Cc1ccc(N2CCC3(CC2)CNC(O)C3)nn1. The topological polar surface area (TPSA) is 61.3 Å². The van der Waals surface area contributed by atoms with Crippen LogP contribution in [0.1, 0.15) is 25.0 Å². The maximum Gasteiger partial charge on any atom is 0.151 e. The van der Waals surface area contributed by atoms with Gasteiger partial charge in [-0.05, 0) is 43.7 Å². The Balaban J connectivity index is 1.65. The molecular weight excluding hydrogens is 228 g/mol. The van der Waals surface area contributed by atoms with E-state index in [1.165, 1.54) is 0 Å². The van der Waals surface area contributed by atoms with E-state index in [2.05, 4.69) is 20.4 Å². The molecule has 2 N–H and O–H groups in total. The average molecular weight is 248 g/mol. The molecule has 0 radical (unpaired) electrons. The molecule has 0 amide bonds. The lowest BCUT2D eigenvalue weighted by atomic mass is 9.77. The van der Waals surface area contributed by atoms with Crippen molar-refractivity contribution in [3.63, 3.8) is 0 Å². The average Bonchev–Trinajstić information content (AvgIpc) is 2.73. The second-order valence-corrected chi connectivity index (χ2v) is 5.62. The molecule has 0 bridgehead atoms. The molecule has 3 rings (SSSR count). The van der Waals surface area contributed by atoms with Crippen molar-refractivity contribution in [3.05, 3.63) is 17.8 Å². The maximum atomic E-state index is 9.61. The lowest BCUT2D eigenvalue weighted by molar-refractivity contribution is 0.135. The number of nitrogens with one attached hydrogen (secondary N) is 1. The number of nitrogens with zero attached hydrogens (tertiary/aromatic N) is 3. The molecular formula is C13H20N4O. The number of piperidine rings is 1. The Bertz CT molecular complexity index is 412. The Morgan fingerprint density at radius 1 is 1.33 bits per heavy atom. The summed E-state index contributed by atoms with van der Waals surface area (Å²) in [4.78, 5) is 2.29. The van der Waals surface area contributed by atoms with Crippen LogP contribution in [-0.2, 0) is 0 Å². The highest BCUT2D eigenvalue weighted by atomic mass is 16.3. The van der Waals surface area contributed by atoms with Crippen molar-refractivity contribution in [3.8, 4) is 0 Å². The van der Waals surface area contributed by atoms with Crippen LogP contribution in [0, 0.1) is 12.3 Å². The number of aliphatic hydroxyl groups is 1. The van der Waals surface area contributed by atoms with E-state index in [9.17, 15) is 5.11 Å². The second-order valence-electron chi connectivity index (χ2n) is 5.62. The molecule has 18 heavy (non-hydrogen) atoms. The minimum Gasteiger partial charge on any atom is -0.379 e. The van der Waals surface area contributed by atoms with Gasteiger partial charge in [-0.1, -0.05) is 0 Å². The molecule has 2 fully saturated rings. The van der Waals surface area contributed by atoms with E-state index in [0.717, 1.165) is 50.4 Å². The third-order valence-corrected chi connectivity index (χ3v) is 4.27. The van der Waals surface area contributed by atoms with Gasteiger partial charge in [-0.2, -0.15) is 5.10 Å². The number of hydrogen-bond donors (Lipinski definition) is 2. The van der Waals surface area contributed by atoms with Gasteiger partial charge in [-0.25, -0.2) is 0 Å². The fourth-order valence-corrected chi connectivity index (χ4v) is 3.04. The summed E-state index contributed by atoms with van der Waals surface area (Å²) in [6.07, 6.45) is 2.82. The molecule has 1 spiro atoms. The van der Waals surface area contributed by atoms with E-state index in [1.807, 2.05) is 19.1 Å². The first kappa shape index (κ1) is 11.9. The molecule has 0 aromatic carbocycles. The summed E-state index contributed by atoms with van der Waals surface area (Å²) in [7, 11) is 0. The van der Waals surface area contributed by atoms with Gasteiger partial charge in [0, 0.05) is 19.6 Å². The summed E-state index contributed by atoms with van der Waals surface area (Å²) in [5.41, 5.74) is 1.25. The molecule has 2 aliphatic heterocycles. The summed E-state index contributed by atoms with van der Waals surface area (Å²) in [5, 5.41) is 21.1. The summed E-state index contributed by atoms with van der Waals surface area (Å²) in [6.45, 7) is 4.91. The molecule has 5 nitrogen and oxygen atoms in total. The van der Waals surface area contributed by atoms with Crippen LogP contribution in [0.3, 0.4) is 0 Å². The van der Waals surface area contributed by atoms with Crippen LogP contribution in [0.2, 0.25) is 0 Å². The zero-order valence-electron chi connectivity index (χ0n) is 10.8. The normalized spacial score (nSPS) is 26.8. The van der Waals surface area contributed by atoms with E-state index in [4.69, 9.17) is 0 Å². The van der Waals surface area contributed by atoms with Gasteiger partial charge in [0.15, 0.2) is 5.82 Å². The number of anilines is 1. The van der Waals surface area contributed by atoms with Crippen LogP contribution < -0.4 is 10.2 Å². The molecule has 98 valence electrons. The first-order valence-corrected chi connectivity index (χ1v) is 6.64. The van der Waals surface area contributed by atoms with Gasteiger partial charge in [-0.15, -0.1) is 5.10 Å². The molecule has 1 unspecified atom stereocenters. The van der Waals surface area contributed by atoms with Gasteiger partial charge in [0.05, 0.1) is 5.69 Å². The Morgan fingerprint density at radius 2 is 2.11 bits per heavy atom. The van der Waals surface area contributed by atoms with Crippen molar-refractivity contribution < 1.29 is 5.11 Å². The van der Waals surface area contributed by atoms with Gasteiger partial charge in [0.2, 0.25) is 0 Å². The van der Waals surface area contributed by atoms with Crippen LogP contribution in [0.5, 0.6) is 0 Å². The molecule has 5 heteroatoms. The van der Waals surface area contributed by atoms with Gasteiger partial charge in [0.1, 0.15) is 6.23 Å². The molecule has 0 saturated carbocycles. The van der Waals surface area contributed by atoms with Crippen molar-refractivity contribution in [2.45, 2.75) is 32.4 Å². The lowest BCUT2D eigenvalue weighted by Crippen LogP contribution is -2.41. The van der Waals surface area contributed by atoms with Crippen molar-refractivity contribution in [2.75, 3.05) is 24.5 Å². The van der Waals surface area contributed by atoms with Crippen LogP contribution in [0.25, 0.3) is 0 Å². The van der Waals surface area contributed by atoms with Crippen LogP contribution in [-0.4, -0.2) is 41.2 Å². The quantitative estimate of drug-likeness (QED) is 0.765. The monoisotopic (exact) mass is 248 g/mol. The van der Waals surface area contributed by atoms with Gasteiger partial charge in [0.25, 0.3) is 0 Å². The number of aliphatic hydroxyl groups excluding tert-OH is 1. The highest BCUT2D eigenvalue weighted by Gasteiger charge is 2.40. The van der Waals surface area contributed by atoms with Gasteiger partial charge < -0.3 is 10.0 Å². The van der Waals surface area contributed by atoms with Crippen LogP contribution in [0.15, 0.2) is 12.1 Å². The van der Waals surface area contributed by atoms with E-state index >= 15 is 0 Å². The Morgan fingerprint density at radius 3 is 2.67 bits per heavy atom. The highest BCUT2D eigenvalue weighted by molar-refractivity contribution is 5.38. The molecule has 1 aromatic rings. The lowest BCUT2D eigenvalue weighted by Gasteiger charge is -2.39. The number of aromatic nitrogens is 2. The Labute approximate surface area is 107 Å². The Hall–Kier alpha value is -1.20. The van der Waals surface area contributed by atoms with E-state index in [-0.39, 0.29) is 6.23 Å². The van der Waals surface area contributed by atoms with Crippen LogP contribution >= 0.6 is 0 Å². The highest BCUT2D eigenvalue weighted by Crippen LogP contribution is 2.39. The summed E-state index contributed by atoms with van der Waals surface area (Å²) in [5.74, 6) is 0.974. The fourth-order valence-electron chi connectivity index (χ4n) is 3.04. The van der Waals surface area contributed by atoms with Crippen molar-refractivity contribution in [2.24, 2.45) is 5.41 Å². The number of rotatable bonds is 1. The summed E-state index contributed by atoms with van der Waals surface area (Å²) >= 11 is 0. The van der Waals surface area contributed by atoms with E-state index < -0.39 is 0 Å². The zero-order chi connectivity index (χ0) is 12.6. The summed E-state index contributed by atoms with van der Waals surface area (Å²) < 4.78 is 0. The molecule has 0 aliphatic carbocycles. The summed E-state index contributed by atoms with van der Waals surface area (Å²) in [6, 6.07) is 4.05. The number of hydrogen-bond acceptors (Lipinski definition) is 5. The minimum atomic E-state index is -0.310. The molecule has 2 saturated heterocycles. The van der Waals surface area contributed by atoms with Crippen molar-refractivity contribution in [1.82, 2.24) is 15.5 Å².